The molecule has 0 aliphatic carbocycles. The van der Waals surface area contributed by atoms with Gasteiger partial charge in [-0.1, -0.05) is 6.92 Å². The first kappa shape index (κ1) is 9.01. The van der Waals surface area contributed by atoms with Crippen LogP contribution in [0, 0.1) is 0 Å². The fraction of sp³-hybridized carbons (Fsp3) is 1.00. The third-order valence-electron chi connectivity index (χ3n) is 2.64. The molecule has 0 aromatic heterocycles. The van der Waals surface area contributed by atoms with E-state index in [1.54, 1.807) is 0 Å². The molecule has 2 nitrogen and oxygen atoms in total. The molecule has 1 aliphatic rings. The summed E-state index contributed by atoms with van der Waals surface area (Å²) in [4.78, 5) is 2.34. The Hall–Kier alpha value is -0.0800. The number of nitrogens with zero attached hydrogens (tertiary/aromatic N) is 1. The topological polar surface area (TPSA) is 15.3 Å². The summed E-state index contributed by atoms with van der Waals surface area (Å²) < 4.78 is 0. The third kappa shape index (κ3) is 2.17. The summed E-state index contributed by atoms with van der Waals surface area (Å²) in [7, 11) is 4.35. The van der Waals surface area contributed by atoms with Crippen LogP contribution in [-0.4, -0.2) is 37.6 Å². The van der Waals surface area contributed by atoms with Crippen LogP contribution in [0.5, 0.6) is 0 Å². The van der Waals surface area contributed by atoms with Gasteiger partial charge in [0, 0.05) is 12.1 Å². The second-order valence-corrected chi connectivity index (χ2v) is 3.64. The number of rotatable bonds is 3. The third-order valence-corrected chi connectivity index (χ3v) is 2.64. The Morgan fingerprint density at radius 2 is 2.27 bits per heavy atom. The first-order chi connectivity index (χ1) is 5.25. The molecule has 0 bridgehead atoms. The molecular formula is C9H20N2. The van der Waals surface area contributed by atoms with Crippen molar-refractivity contribution in [1.29, 1.82) is 0 Å². The Morgan fingerprint density at radius 1 is 1.55 bits per heavy atom. The van der Waals surface area contributed by atoms with Crippen LogP contribution < -0.4 is 5.32 Å². The highest BCUT2D eigenvalue weighted by Gasteiger charge is 2.23. The summed E-state index contributed by atoms with van der Waals surface area (Å²) in [6.07, 6.45) is 3.97. The predicted molar refractivity (Wildman–Crippen MR) is 48.8 cm³/mol. The van der Waals surface area contributed by atoms with Gasteiger partial charge in [0.25, 0.3) is 0 Å². The molecule has 2 unspecified atom stereocenters. The summed E-state index contributed by atoms with van der Waals surface area (Å²) in [5.41, 5.74) is 0. The van der Waals surface area contributed by atoms with Gasteiger partial charge in [0.15, 0.2) is 0 Å². The van der Waals surface area contributed by atoms with Gasteiger partial charge in [0.2, 0.25) is 0 Å². The Bertz CT molecular complexity index is 106. The average molecular weight is 156 g/mol. The van der Waals surface area contributed by atoms with Crippen LogP contribution in [0.25, 0.3) is 0 Å². The van der Waals surface area contributed by atoms with Crippen molar-refractivity contribution >= 4 is 0 Å². The van der Waals surface area contributed by atoms with E-state index in [0.29, 0.717) is 0 Å². The van der Waals surface area contributed by atoms with Gasteiger partial charge >= 0.3 is 0 Å². The van der Waals surface area contributed by atoms with Gasteiger partial charge in [-0.05, 0) is 39.9 Å². The maximum absolute atomic E-state index is 3.55. The van der Waals surface area contributed by atoms with Crippen LogP contribution in [0.3, 0.4) is 0 Å². The molecular weight excluding hydrogens is 136 g/mol. The molecule has 0 radical (unpaired) electrons. The molecule has 1 rings (SSSR count). The van der Waals surface area contributed by atoms with E-state index in [-0.39, 0.29) is 0 Å². The molecule has 1 aliphatic heterocycles. The highest BCUT2D eigenvalue weighted by Crippen LogP contribution is 2.14. The van der Waals surface area contributed by atoms with Gasteiger partial charge in [-0.2, -0.15) is 0 Å². The van der Waals surface area contributed by atoms with E-state index in [9.17, 15) is 0 Å². The molecule has 0 spiro atoms. The standard InChI is InChI=1S/C9H20N2/c1-4-9(11(2)3)8-6-5-7-10-8/h8-10H,4-7H2,1-3H3. The zero-order chi connectivity index (χ0) is 8.27. The molecule has 66 valence electrons. The molecule has 1 fully saturated rings. The van der Waals surface area contributed by atoms with Gasteiger partial charge in [0.05, 0.1) is 0 Å². The van der Waals surface area contributed by atoms with E-state index in [1.165, 1.54) is 25.8 Å². The maximum atomic E-state index is 3.55. The molecule has 2 atom stereocenters. The first-order valence-corrected chi connectivity index (χ1v) is 4.65. The minimum absolute atomic E-state index is 0.734. The number of hydrogen-bond donors (Lipinski definition) is 1. The summed E-state index contributed by atoms with van der Waals surface area (Å²) >= 11 is 0. The smallest absolute Gasteiger partial charge is 0.0240 e. The van der Waals surface area contributed by atoms with E-state index in [4.69, 9.17) is 0 Å². The molecule has 11 heavy (non-hydrogen) atoms. The summed E-state index contributed by atoms with van der Waals surface area (Å²) in [6, 6.07) is 1.48. The highest BCUT2D eigenvalue weighted by atomic mass is 15.1. The Morgan fingerprint density at radius 3 is 2.64 bits per heavy atom. The van der Waals surface area contributed by atoms with E-state index >= 15 is 0 Å². The monoisotopic (exact) mass is 156 g/mol. The average Bonchev–Trinajstić information content (AvgIpc) is 2.40. The molecule has 0 aromatic rings. The Labute approximate surface area is 70.0 Å². The predicted octanol–water partition coefficient (Wildman–Crippen LogP) is 1.08. The maximum Gasteiger partial charge on any atom is 0.0240 e. The van der Waals surface area contributed by atoms with E-state index in [0.717, 1.165) is 12.1 Å². The molecule has 2 heteroatoms. The summed E-state index contributed by atoms with van der Waals surface area (Å²) in [6.45, 7) is 3.49. The van der Waals surface area contributed by atoms with Crippen LogP contribution in [0.2, 0.25) is 0 Å². The second-order valence-electron chi connectivity index (χ2n) is 3.64. The van der Waals surface area contributed by atoms with Crippen molar-refractivity contribution in [2.24, 2.45) is 0 Å². The van der Waals surface area contributed by atoms with E-state index < -0.39 is 0 Å². The zero-order valence-electron chi connectivity index (χ0n) is 7.93. The van der Waals surface area contributed by atoms with Crippen molar-refractivity contribution in [2.75, 3.05) is 20.6 Å². The van der Waals surface area contributed by atoms with Crippen LogP contribution in [-0.2, 0) is 0 Å². The van der Waals surface area contributed by atoms with Crippen molar-refractivity contribution in [3.8, 4) is 0 Å². The van der Waals surface area contributed by atoms with Gasteiger partial charge in [0.1, 0.15) is 0 Å². The Kier molecular flexibility index (Phi) is 3.34. The molecule has 0 saturated carbocycles. The summed E-state index contributed by atoms with van der Waals surface area (Å²) in [5.74, 6) is 0. The minimum Gasteiger partial charge on any atom is -0.312 e. The van der Waals surface area contributed by atoms with Crippen molar-refractivity contribution in [3.05, 3.63) is 0 Å². The minimum atomic E-state index is 0.734. The van der Waals surface area contributed by atoms with E-state index in [2.05, 4.69) is 31.2 Å². The normalized spacial score (nSPS) is 27.8. The lowest BCUT2D eigenvalue weighted by Gasteiger charge is -2.28. The van der Waals surface area contributed by atoms with Gasteiger partial charge < -0.3 is 10.2 Å². The van der Waals surface area contributed by atoms with Crippen LogP contribution >= 0.6 is 0 Å². The van der Waals surface area contributed by atoms with Crippen LogP contribution in [0.4, 0.5) is 0 Å². The van der Waals surface area contributed by atoms with E-state index in [1.807, 2.05) is 0 Å². The zero-order valence-corrected chi connectivity index (χ0v) is 7.93. The van der Waals surface area contributed by atoms with Crippen molar-refractivity contribution in [1.82, 2.24) is 10.2 Å². The lowest BCUT2D eigenvalue weighted by Crippen LogP contribution is -2.43. The fourth-order valence-corrected chi connectivity index (χ4v) is 2.05. The van der Waals surface area contributed by atoms with Crippen LogP contribution in [0.15, 0.2) is 0 Å². The second kappa shape index (κ2) is 4.07. The largest absolute Gasteiger partial charge is 0.312 e. The van der Waals surface area contributed by atoms with Gasteiger partial charge in [-0.3, -0.25) is 0 Å². The molecule has 0 aromatic carbocycles. The van der Waals surface area contributed by atoms with Crippen molar-refractivity contribution < 1.29 is 0 Å². The van der Waals surface area contributed by atoms with Crippen molar-refractivity contribution in [2.45, 2.75) is 38.3 Å². The SMILES string of the molecule is CCC(C1CCCN1)N(C)C. The molecule has 1 N–H and O–H groups in total. The fourth-order valence-electron chi connectivity index (χ4n) is 2.05. The molecule has 0 amide bonds. The highest BCUT2D eigenvalue weighted by molar-refractivity contribution is 4.85. The van der Waals surface area contributed by atoms with Crippen LogP contribution in [0.1, 0.15) is 26.2 Å². The lowest BCUT2D eigenvalue weighted by atomic mass is 10.0. The number of likely N-dealkylation sites (N-methyl/N-ethyl adjacent to an activating group) is 1. The van der Waals surface area contributed by atoms with Crippen molar-refractivity contribution in [3.63, 3.8) is 0 Å². The number of nitrogens with one attached hydrogen (secondary N) is 1. The molecule has 1 heterocycles. The summed E-state index contributed by atoms with van der Waals surface area (Å²) in [5, 5.41) is 3.55. The number of hydrogen-bond acceptors (Lipinski definition) is 2. The Balaban J connectivity index is 2.40. The van der Waals surface area contributed by atoms with Gasteiger partial charge in [-0.15, -0.1) is 0 Å². The first-order valence-electron chi connectivity index (χ1n) is 4.65. The quantitative estimate of drug-likeness (QED) is 0.658. The molecule has 1 saturated heterocycles. The lowest BCUT2D eigenvalue weighted by molar-refractivity contribution is 0.234. The van der Waals surface area contributed by atoms with Gasteiger partial charge in [-0.25, -0.2) is 0 Å².